The molecule has 2 amide bonds. The minimum absolute atomic E-state index is 0.312. The number of nitrogens with one attached hydrogen (secondary N) is 2. The molecule has 27 heavy (non-hydrogen) atoms. The SMILES string of the molecule is CCC(OC(=O)CNC(=O)c1cccc(Br)c1)C(=O)NCc1ccccc1. The van der Waals surface area contributed by atoms with Gasteiger partial charge in [0.05, 0.1) is 0 Å². The van der Waals surface area contributed by atoms with Crippen LogP contribution in [0.3, 0.4) is 0 Å². The van der Waals surface area contributed by atoms with E-state index >= 15 is 0 Å². The van der Waals surface area contributed by atoms with Gasteiger partial charge in [0.2, 0.25) is 0 Å². The minimum Gasteiger partial charge on any atom is -0.451 e. The predicted octanol–water partition coefficient (Wildman–Crippen LogP) is 2.82. The Balaban J connectivity index is 1.79. The van der Waals surface area contributed by atoms with Crippen LogP contribution < -0.4 is 10.6 Å². The summed E-state index contributed by atoms with van der Waals surface area (Å²) in [6.07, 6.45) is -0.560. The molecule has 0 aliphatic carbocycles. The summed E-state index contributed by atoms with van der Waals surface area (Å²) >= 11 is 3.28. The number of benzene rings is 2. The van der Waals surface area contributed by atoms with E-state index in [4.69, 9.17) is 4.74 Å². The quantitative estimate of drug-likeness (QED) is 0.628. The molecule has 0 saturated carbocycles. The van der Waals surface area contributed by atoms with E-state index in [1.807, 2.05) is 30.3 Å². The maximum absolute atomic E-state index is 12.2. The Labute approximate surface area is 166 Å². The Hall–Kier alpha value is -2.67. The van der Waals surface area contributed by atoms with Gasteiger partial charge in [0.1, 0.15) is 6.54 Å². The van der Waals surface area contributed by atoms with Crippen molar-refractivity contribution in [2.75, 3.05) is 6.54 Å². The molecule has 2 rings (SSSR count). The van der Waals surface area contributed by atoms with Crippen LogP contribution in [-0.4, -0.2) is 30.4 Å². The van der Waals surface area contributed by atoms with E-state index in [1.165, 1.54) is 0 Å². The van der Waals surface area contributed by atoms with Crippen molar-refractivity contribution in [3.8, 4) is 0 Å². The number of hydrogen-bond donors (Lipinski definition) is 2. The lowest BCUT2D eigenvalue weighted by atomic mass is 10.2. The van der Waals surface area contributed by atoms with Crippen molar-refractivity contribution in [3.63, 3.8) is 0 Å². The fourth-order valence-electron chi connectivity index (χ4n) is 2.31. The zero-order chi connectivity index (χ0) is 19.6. The molecular weight excluding hydrogens is 412 g/mol. The van der Waals surface area contributed by atoms with Crippen molar-refractivity contribution in [2.45, 2.75) is 26.0 Å². The summed E-state index contributed by atoms with van der Waals surface area (Å²) < 4.78 is 5.95. The molecule has 142 valence electrons. The van der Waals surface area contributed by atoms with Gasteiger partial charge < -0.3 is 15.4 Å². The van der Waals surface area contributed by atoms with E-state index in [-0.39, 0.29) is 12.5 Å². The van der Waals surface area contributed by atoms with Gasteiger partial charge in [0.15, 0.2) is 6.10 Å². The van der Waals surface area contributed by atoms with Crippen LogP contribution in [0.4, 0.5) is 0 Å². The number of carbonyl (C=O) groups excluding carboxylic acids is 3. The van der Waals surface area contributed by atoms with E-state index < -0.39 is 18.0 Å². The summed E-state index contributed by atoms with van der Waals surface area (Å²) in [5.74, 6) is -1.43. The van der Waals surface area contributed by atoms with Crippen LogP contribution in [-0.2, 0) is 20.9 Å². The van der Waals surface area contributed by atoms with E-state index in [9.17, 15) is 14.4 Å². The van der Waals surface area contributed by atoms with Gasteiger partial charge in [0, 0.05) is 16.6 Å². The average Bonchev–Trinajstić information content (AvgIpc) is 2.69. The maximum Gasteiger partial charge on any atom is 0.326 e. The number of rotatable bonds is 8. The highest BCUT2D eigenvalue weighted by atomic mass is 79.9. The third-order valence-corrected chi connectivity index (χ3v) is 4.22. The van der Waals surface area contributed by atoms with E-state index in [0.29, 0.717) is 18.5 Å². The van der Waals surface area contributed by atoms with Crippen molar-refractivity contribution < 1.29 is 19.1 Å². The third kappa shape index (κ3) is 6.86. The fraction of sp³-hybridized carbons (Fsp3) is 0.250. The summed E-state index contributed by atoms with van der Waals surface area (Å²) in [4.78, 5) is 36.2. The molecule has 0 radical (unpaired) electrons. The van der Waals surface area contributed by atoms with Crippen LogP contribution in [0, 0.1) is 0 Å². The molecule has 6 nitrogen and oxygen atoms in total. The van der Waals surface area contributed by atoms with Gasteiger partial charge in [-0.1, -0.05) is 59.3 Å². The molecule has 2 aromatic carbocycles. The number of esters is 1. The second kappa shape index (κ2) is 10.5. The molecule has 0 spiro atoms. The molecule has 1 unspecified atom stereocenters. The first kappa shape index (κ1) is 20.6. The molecule has 0 aliphatic rings. The van der Waals surface area contributed by atoms with Gasteiger partial charge in [-0.15, -0.1) is 0 Å². The van der Waals surface area contributed by atoms with Gasteiger partial charge >= 0.3 is 5.97 Å². The molecule has 0 bridgehead atoms. The summed E-state index contributed by atoms with van der Waals surface area (Å²) in [5, 5.41) is 5.23. The maximum atomic E-state index is 12.2. The highest BCUT2D eigenvalue weighted by Crippen LogP contribution is 2.11. The molecule has 0 saturated heterocycles. The van der Waals surface area contributed by atoms with Crippen LogP contribution in [0.1, 0.15) is 29.3 Å². The summed E-state index contributed by atoms with van der Waals surface area (Å²) in [6, 6.07) is 16.2. The highest BCUT2D eigenvalue weighted by Gasteiger charge is 2.21. The molecular formula is C20H21BrN2O4. The smallest absolute Gasteiger partial charge is 0.326 e. The van der Waals surface area contributed by atoms with E-state index in [0.717, 1.165) is 10.0 Å². The van der Waals surface area contributed by atoms with Crippen molar-refractivity contribution in [2.24, 2.45) is 0 Å². The Bertz CT molecular complexity index is 796. The number of carbonyl (C=O) groups is 3. The van der Waals surface area contributed by atoms with Gasteiger partial charge in [-0.05, 0) is 30.2 Å². The van der Waals surface area contributed by atoms with Crippen LogP contribution in [0.15, 0.2) is 59.1 Å². The minimum atomic E-state index is -0.899. The number of amides is 2. The first-order chi connectivity index (χ1) is 13.0. The normalized spacial score (nSPS) is 11.3. The van der Waals surface area contributed by atoms with Crippen molar-refractivity contribution >= 4 is 33.7 Å². The van der Waals surface area contributed by atoms with Gasteiger partial charge in [-0.2, -0.15) is 0 Å². The number of hydrogen-bond acceptors (Lipinski definition) is 4. The van der Waals surface area contributed by atoms with Crippen LogP contribution >= 0.6 is 15.9 Å². The van der Waals surface area contributed by atoms with E-state index in [2.05, 4.69) is 26.6 Å². The van der Waals surface area contributed by atoms with Gasteiger partial charge in [0.25, 0.3) is 11.8 Å². The second-order valence-electron chi connectivity index (χ2n) is 5.78. The molecule has 0 aromatic heterocycles. The first-order valence-electron chi connectivity index (χ1n) is 8.54. The van der Waals surface area contributed by atoms with Gasteiger partial charge in [-0.3, -0.25) is 14.4 Å². The molecule has 1 atom stereocenters. The van der Waals surface area contributed by atoms with Crippen LogP contribution in [0.25, 0.3) is 0 Å². The Morgan fingerprint density at radius 2 is 1.78 bits per heavy atom. The Morgan fingerprint density at radius 3 is 2.44 bits per heavy atom. The predicted molar refractivity (Wildman–Crippen MR) is 105 cm³/mol. The molecule has 0 aliphatic heterocycles. The number of halogens is 1. The zero-order valence-corrected chi connectivity index (χ0v) is 16.5. The summed E-state index contributed by atoms with van der Waals surface area (Å²) in [5.41, 5.74) is 1.37. The molecule has 2 aromatic rings. The first-order valence-corrected chi connectivity index (χ1v) is 9.33. The Kier molecular flexibility index (Phi) is 8.00. The van der Waals surface area contributed by atoms with Crippen LogP contribution in [0.2, 0.25) is 0 Å². The topological polar surface area (TPSA) is 84.5 Å². The molecule has 0 fully saturated rings. The zero-order valence-electron chi connectivity index (χ0n) is 14.9. The second-order valence-corrected chi connectivity index (χ2v) is 6.70. The highest BCUT2D eigenvalue weighted by molar-refractivity contribution is 9.10. The molecule has 2 N–H and O–H groups in total. The van der Waals surface area contributed by atoms with Gasteiger partial charge in [-0.25, -0.2) is 0 Å². The monoisotopic (exact) mass is 432 g/mol. The van der Waals surface area contributed by atoms with Crippen molar-refractivity contribution in [1.29, 1.82) is 0 Å². The van der Waals surface area contributed by atoms with E-state index in [1.54, 1.807) is 31.2 Å². The largest absolute Gasteiger partial charge is 0.451 e. The lowest BCUT2D eigenvalue weighted by molar-refractivity contribution is -0.155. The lowest BCUT2D eigenvalue weighted by Crippen LogP contribution is -2.39. The Morgan fingerprint density at radius 1 is 1.04 bits per heavy atom. The summed E-state index contributed by atoms with van der Waals surface area (Å²) in [6.45, 7) is 1.79. The average molecular weight is 433 g/mol. The lowest BCUT2D eigenvalue weighted by Gasteiger charge is -2.16. The third-order valence-electron chi connectivity index (χ3n) is 3.73. The summed E-state index contributed by atoms with van der Waals surface area (Å²) in [7, 11) is 0. The van der Waals surface area contributed by atoms with Crippen molar-refractivity contribution in [1.82, 2.24) is 10.6 Å². The standard InChI is InChI=1S/C20H21BrN2O4/c1-2-17(20(26)22-12-14-7-4-3-5-8-14)27-18(24)13-23-19(25)15-9-6-10-16(21)11-15/h3-11,17H,2,12-13H2,1H3,(H,22,26)(H,23,25). The molecule has 7 heteroatoms. The molecule has 0 heterocycles. The fourth-order valence-corrected chi connectivity index (χ4v) is 2.70. The number of ether oxygens (including phenoxy) is 1. The van der Waals surface area contributed by atoms with Crippen LogP contribution in [0.5, 0.6) is 0 Å². The van der Waals surface area contributed by atoms with Crippen molar-refractivity contribution in [3.05, 3.63) is 70.2 Å².